The van der Waals surface area contributed by atoms with Crippen molar-refractivity contribution < 1.29 is 9.90 Å². The number of carbonyl (C=O) groups is 1. The number of pyridine rings is 1. The molecular formula is C16H19N3O2. The summed E-state index contributed by atoms with van der Waals surface area (Å²) in [7, 11) is 0. The molecule has 0 saturated carbocycles. The van der Waals surface area contributed by atoms with Gasteiger partial charge in [-0.1, -0.05) is 18.2 Å². The number of rotatable bonds is 5. The van der Waals surface area contributed by atoms with Crippen LogP contribution < -0.4 is 11.1 Å². The Morgan fingerprint density at radius 2 is 2.00 bits per heavy atom. The highest BCUT2D eigenvalue weighted by Gasteiger charge is 2.17. The lowest BCUT2D eigenvalue weighted by Crippen LogP contribution is -2.43. The summed E-state index contributed by atoms with van der Waals surface area (Å²) >= 11 is 0. The molecule has 110 valence electrons. The van der Waals surface area contributed by atoms with E-state index in [-0.39, 0.29) is 17.7 Å². The van der Waals surface area contributed by atoms with E-state index in [1.165, 1.54) is 0 Å². The predicted molar refractivity (Wildman–Crippen MR) is 80.6 cm³/mol. The quantitative estimate of drug-likeness (QED) is 0.777. The van der Waals surface area contributed by atoms with Crippen molar-refractivity contribution in [1.82, 2.24) is 10.3 Å². The van der Waals surface area contributed by atoms with Gasteiger partial charge >= 0.3 is 0 Å². The molecule has 0 saturated heterocycles. The lowest BCUT2D eigenvalue weighted by molar-refractivity contribution is -0.123. The van der Waals surface area contributed by atoms with Gasteiger partial charge < -0.3 is 16.2 Å². The average molecular weight is 285 g/mol. The number of amides is 1. The van der Waals surface area contributed by atoms with Crippen LogP contribution in [-0.4, -0.2) is 22.0 Å². The molecule has 0 spiro atoms. The van der Waals surface area contributed by atoms with Crippen molar-refractivity contribution in [2.24, 2.45) is 5.73 Å². The van der Waals surface area contributed by atoms with Gasteiger partial charge in [0, 0.05) is 6.20 Å². The van der Waals surface area contributed by atoms with Gasteiger partial charge in [-0.25, -0.2) is 0 Å². The fraction of sp³-hybridized carbons (Fsp3) is 0.250. The summed E-state index contributed by atoms with van der Waals surface area (Å²) in [6.07, 6.45) is 2.11. The van der Waals surface area contributed by atoms with Crippen molar-refractivity contribution in [3.8, 4) is 5.75 Å². The van der Waals surface area contributed by atoms with Gasteiger partial charge in [0.25, 0.3) is 0 Å². The first-order chi connectivity index (χ1) is 10.1. The minimum Gasteiger partial charge on any atom is -0.508 e. The molecule has 0 unspecified atom stereocenters. The Morgan fingerprint density at radius 3 is 2.62 bits per heavy atom. The minimum absolute atomic E-state index is 0.190. The molecule has 2 rings (SSSR count). The Kier molecular flexibility index (Phi) is 4.90. The van der Waals surface area contributed by atoms with Crippen molar-refractivity contribution >= 4 is 5.91 Å². The van der Waals surface area contributed by atoms with E-state index in [1.54, 1.807) is 30.5 Å². The predicted octanol–water partition coefficient (Wildman–Crippen LogP) is 1.53. The molecule has 1 amide bonds. The molecule has 1 heterocycles. The van der Waals surface area contributed by atoms with E-state index < -0.39 is 6.04 Å². The van der Waals surface area contributed by atoms with E-state index in [9.17, 15) is 9.90 Å². The van der Waals surface area contributed by atoms with Crippen LogP contribution in [0.2, 0.25) is 0 Å². The van der Waals surface area contributed by atoms with E-state index in [0.29, 0.717) is 6.42 Å². The van der Waals surface area contributed by atoms with Gasteiger partial charge in [0.2, 0.25) is 5.91 Å². The second-order valence-electron chi connectivity index (χ2n) is 4.96. The monoisotopic (exact) mass is 285 g/mol. The van der Waals surface area contributed by atoms with Crippen LogP contribution in [0.4, 0.5) is 0 Å². The first-order valence-corrected chi connectivity index (χ1v) is 6.81. The first kappa shape index (κ1) is 15.0. The summed E-state index contributed by atoms with van der Waals surface area (Å²) in [6.45, 7) is 1.87. The molecular weight excluding hydrogens is 266 g/mol. The molecule has 2 aromatic rings. The van der Waals surface area contributed by atoms with Crippen LogP contribution in [0.25, 0.3) is 0 Å². The van der Waals surface area contributed by atoms with Crippen LogP contribution >= 0.6 is 0 Å². The van der Waals surface area contributed by atoms with Crippen LogP contribution in [0.15, 0.2) is 48.7 Å². The lowest BCUT2D eigenvalue weighted by atomic mass is 10.1. The van der Waals surface area contributed by atoms with Crippen molar-refractivity contribution in [3.63, 3.8) is 0 Å². The van der Waals surface area contributed by atoms with E-state index in [0.717, 1.165) is 11.3 Å². The normalized spacial score (nSPS) is 13.4. The summed E-state index contributed by atoms with van der Waals surface area (Å²) in [4.78, 5) is 16.3. The number of phenols is 1. The van der Waals surface area contributed by atoms with E-state index in [4.69, 9.17) is 5.73 Å². The third-order valence-corrected chi connectivity index (χ3v) is 3.22. The van der Waals surface area contributed by atoms with Crippen molar-refractivity contribution in [2.75, 3.05) is 0 Å². The van der Waals surface area contributed by atoms with Gasteiger partial charge in [0.05, 0.1) is 17.8 Å². The number of nitrogens with zero attached hydrogens (tertiary/aromatic N) is 1. The Morgan fingerprint density at radius 1 is 1.29 bits per heavy atom. The second kappa shape index (κ2) is 6.85. The van der Waals surface area contributed by atoms with E-state index >= 15 is 0 Å². The van der Waals surface area contributed by atoms with Gasteiger partial charge in [-0.05, 0) is 43.2 Å². The number of nitrogens with one attached hydrogen (secondary N) is 1. The molecule has 0 aliphatic rings. The highest BCUT2D eigenvalue weighted by molar-refractivity contribution is 5.82. The van der Waals surface area contributed by atoms with Crippen LogP contribution in [0, 0.1) is 0 Å². The standard InChI is InChI=1S/C16H19N3O2/c1-11(15-4-2-3-9-18-15)19-16(21)14(17)10-12-5-7-13(20)8-6-12/h2-9,11,14,20H,10,17H2,1H3,(H,19,21)/t11-,14+/m0/s1. The van der Waals surface area contributed by atoms with Gasteiger partial charge in [-0.3, -0.25) is 9.78 Å². The maximum absolute atomic E-state index is 12.1. The van der Waals surface area contributed by atoms with Gasteiger partial charge in [0.1, 0.15) is 5.75 Å². The molecule has 5 nitrogen and oxygen atoms in total. The zero-order chi connectivity index (χ0) is 15.2. The second-order valence-corrected chi connectivity index (χ2v) is 4.96. The molecule has 0 aliphatic carbocycles. The fourth-order valence-corrected chi connectivity index (χ4v) is 2.01. The number of aromatic hydroxyl groups is 1. The summed E-state index contributed by atoms with van der Waals surface area (Å²) in [6, 6.07) is 11.4. The van der Waals surface area contributed by atoms with Crippen LogP contribution in [0.1, 0.15) is 24.2 Å². The smallest absolute Gasteiger partial charge is 0.237 e. The molecule has 0 bridgehead atoms. The third kappa shape index (κ3) is 4.29. The molecule has 0 aliphatic heterocycles. The molecule has 0 radical (unpaired) electrons. The maximum atomic E-state index is 12.1. The molecule has 21 heavy (non-hydrogen) atoms. The maximum Gasteiger partial charge on any atom is 0.237 e. The van der Waals surface area contributed by atoms with Crippen LogP contribution in [-0.2, 0) is 11.2 Å². The summed E-state index contributed by atoms with van der Waals surface area (Å²) in [5.41, 5.74) is 7.62. The number of nitrogens with two attached hydrogens (primary N) is 1. The number of phenolic OH excluding ortho intramolecular Hbond substituents is 1. The fourth-order valence-electron chi connectivity index (χ4n) is 2.01. The number of aromatic nitrogens is 1. The Bertz CT molecular complexity index is 584. The van der Waals surface area contributed by atoms with Crippen molar-refractivity contribution in [1.29, 1.82) is 0 Å². The lowest BCUT2D eigenvalue weighted by Gasteiger charge is -2.17. The minimum atomic E-state index is -0.638. The van der Waals surface area contributed by atoms with Gasteiger partial charge in [-0.2, -0.15) is 0 Å². The Labute approximate surface area is 123 Å². The first-order valence-electron chi connectivity index (χ1n) is 6.81. The van der Waals surface area contributed by atoms with Crippen molar-refractivity contribution in [2.45, 2.75) is 25.4 Å². The molecule has 1 aromatic heterocycles. The molecule has 2 atom stereocenters. The highest BCUT2D eigenvalue weighted by Crippen LogP contribution is 2.12. The number of benzene rings is 1. The van der Waals surface area contributed by atoms with E-state index in [2.05, 4.69) is 10.3 Å². The number of carbonyl (C=O) groups excluding carboxylic acids is 1. The molecule has 1 aromatic carbocycles. The Hall–Kier alpha value is -2.40. The topological polar surface area (TPSA) is 88.2 Å². The average Bonchev–Trinajstić information content (AvgIpc) is 2.50. The summed E-state index contributed by atoms with van der Waals surface area (Å²) in [5, 5.41) is 12.1. The van der Waals surface area contributed by atoms with Gasteiger partial charge in [0.15, 0.2) is 0 Å². The molecule has 0 fully saturated rings. The molecule has 5 heteroatoms. The molecule has 4 N–H and O–H groups in total. The largest absolute Gasteiger partial charge is 0.508 e. The number of hydrogen-bond acceptors (Lipinski definition) is 4. The number of hydrogen-bond donors (Lipinski definition) is 3. The highest BCUT2D eigenvalue weighted by atomic mass is 16.3. The zero-order valence-electron chi connectivity index (χ0n) is 11.9. The zero-order valence-corrected chi connectivity index (χ0v) is 11.9. The third-order valence-electron chi connectivity index (χ3n) is 3.22. The Balaban J connectivity index is 1.92. The summed E-state index contributed by atoms with van der Waals surface area (Å²) in [5.74, 6) is -0.0261. The van der Waals surface area contributed by atoms with E-state index in [1.807, 2.05) is 25.1 Å². The van der Waals surface area contributed by atoms with Gasteiger partial charge in [-0.15, -0.1) is 0 Å². The van der Waals surface area contributed by atoms with Crippen molar-refractivity contribution in [3.05, 3.63) is 59.9 Å². The summed E-state index contributed by atoms with van der Waals surface area (Å²) < 4.78 is 0. The SMILES string of the molecule is C[C@H](NC(=O)[C@H](N)Cc1ccc(O)cc1)c1ccccn1. The van der Waals surface area contributed by atoms with Crippen LogP contribution in [0.5, 0.6) is 5.75 Å². The van der Waals surface area contributed by atoms with Crippen LogP contribution in [0.3, 0.4) is 0 Å².